The molecule has 116 valence electrons. The average molecular weight is 347 g/mol. The zero-order valence-electron chi connectivity index (χ0n) is 12.0. The maximum Gasteiger partial charge on any atom is 0.231 e. The van der Waals surface area contributed by atoms with E-state index in [1.807, 2.05) is 30.3 Å². The van der Waals surface area contributed by atoms with Crippen molar-refractivity contribution in [2.75, 3.05) is 6.54 Å². The molecule has 1 N–H and O–H groups in total. The molecule has 0 unspecified atom stereocenters. The van der Waals surface area contributed by atoms with Gasteiger partial charge < -0.3 is 0 Å². The van der Waals surface area contributed by atoms with Crippen LogP contribution < -0.4 is 5.43 Å². The minimum atomic E-state index is -0.134. The Morgan fingerprint density at radius 1 is 1.30 bits per heavy atom. The van der Waals surface area contributed by atoms with E-state index in [0.29, 0.717) is 10.7 Å². The summed E-state index contributed by atoms with van der Waals surface area (Å²) in [4.78, 5) is 13.5. The number of carbonyl (C=O) groups is 1. The third-order valence-electron chi connectivity index (χ3n) is 3.60. The van der Waals surface area contributed by atoms with E-state index in [4.69, 9.17) is 28.6 Å². The number of nitrogens with zero attached hydrogens (tertiary/aromatic N) is 3. The van der Waals surface area contributed by atoms with E-state index < -0.39 is 0 Å². The highest BCUT2D eigenvalue weighted by molar-refractivity contribution is 6.32. The van der Waals surface area contributed by atoms with Crippen molar-refractivity contribution in [3.8, 4) is 6.07 Å². The Morgan fingerprint density at radius 2 is 2.09 bits per heavy atom. The van der Waals surface area contributed by atoms with Crippen LogP contribution >= 0.6 is 23.4 Å². The molecule has 0 fully saturated rings. The lowest BCUT2D eigenvalue weighted by Crippen LogP contribution is -2.34. The van der Waals surface area contributed by atoms with E-state index in [0.717, 1.165) is 16.7 Å². The molecule has 0 bridgehead atoms. The molecule has 23 heavy (non-hydrogen) atoms. The van der Waals surface area contributed by atoms with E-state index in [1.165, 1.54) is 9.43 Å². The highest BCUT2D eigenvalue weighted by Crippen LogP contribution is 2.38. The first-order valence-electron chi connectivity index (χ1n) is 6.88. The van der Waals surface area contributed by atoms with Crippen LogP contribution in [0.5, 0.6) is 0 Å². The number of nitrogens with one attached hydrogen (secondary N) is 1. The van der Waals surface area contributed by atoms with Crippen molar-refractivity contribution in [1.29, 1.82) is 5.26 Å². The van der Waals surface area contributed by atoms with Gasteiger partial charge in [-0.15, -0.1) is 0 Å². The molecule has 0 radical (unpaired) electrons. The molecular formula is C16H12Cl2N4O. The lowest BCUT2D eigenvalue weighted by molar-refractivity contribution is -0.128. The van der Waals surface area contributed by atoms with Gasteiger partial charge in [-0.1, -0.05) is 35.9 Å². The van der Waals surface area contributed by atoms with Crippen LogP contribution in [0.25, 0.3) is 5.57 Å². The minimum Gasteiger partial charge on any atom is -0.296 e. The molecule has 1 amide bonds. The Morgan fingerprint density at radius 3 is 2.83 bits per heavy atom. The number of hydrogen-bond donors (Lipinski definition) is 1. The second-order valence-electron chi connectivity index (χ2n) is 4.95. The third kappa shape index (κ3) is 2.91. The molecule has 0 atom stereocenters. The van der Waals surface area contributed by atoms with Gasteiger partial charge in [-0.3, -0.25) is 15.1 Å². The number of hydrazine groups is 1. The topological polar surface area (TPSA) is 59.4 Å². The van der Waals surface area contributed by atoms with Gasteiger partial charge in [0.15, 0.2) is 0 Å². The summed E-state index contributed by atoms with van der Waals surface area (Å²) < 4.78 is 1.26. The smallest absolute Gasteiger partial charge is 0.231 e. The van der Waals surface area contributed by atoms with Gasteiger partial charge in [0, 0.05) is 52.3 Å². The van der Waals surface area contributed by atoms with Crippen molar-refractivity contribution in [1.82, 2.24) is 14.9 Å². The van der Waals surface area contributed by atoms with Crippen LogP contribution in [-0.2, 0) is 4.79 Å². The fraction of sp³-hybridized carbons (Fsp3) is 0.125. The number of fused-ring (bicyclic) bond motifs is 1. The Labute approximate surface area is 143 Å². The fourth-order valence-electron chi connectivity index (χ4n) is 2.57. The van der Waals surface area contributed by atoms with Crippen LogP contribution in [0.1, 0.15) is 12.0 Å². The molecule has 1 aromatic carbocycles. The lowest BCUT2D eigenvalue weighted by Gasteiger charge is -2.28. The van der Waals surface area contributed by atoms with Gasteiger partial charge in [-0.25, -0.2) is 4.53 Å². The SMILES string of the molecule is N#CCN1C(=O)CC=C2C(c3ccccc3Cl)=CN(Cl)NC=C21. The summed E-state index contributed by atoms with van der Waals surface area (Å²) in [5.74, 6) is -0.134. The van der Waals surface area contributed by atoms with E-state index in [9.17, 15) is 4.79 Å². The number of hydrogen-bond acceptors (Lipinski definition) is 4. The quantitative estimate of drug-likeness (QED) is 0.659. The summed E-state index contributed by atoms with van der Waals surface area (Å²) >= 11 is 12.4. The molecule has 2 heterocycles. The first kappa shape index (κ1) is 15.5. The Kier molecular flexibility index (Phi) is 4.28. The van der Waals surface area contributed by atoms with E-state index in [2.05, 4.69) is 5.43 Å². The molecule has 7 heteroatoms. The fourth-order valence-corrected chi connectivity index (χ4v) is 2.95. The van der Waals surface area contributed by atoms with Gasteiger partial charge in [0.2, 0.25) is 5.91 Å². The average Bonchev–Trinajstić information content (AvgIpc) is 2.70. The Bertz CT molecular complexity index is 792. The number of benzene rings is 1. The Balaban J connectivity index is 2.14. The van der Waals surface area contributed by atoms with Crippen molar-refractivity contribution in [2.24, 2.45) is 0 Å². The molecule has 3 rings (SSSR count). The summed E-state index contributed by atoms with van der Waals surface area (Å²) in [6.45, 7) is -0.0260. The molecule has 5 nitrogen and oxygen atoms in total. The minimum absolute atomic E-state index is 0.0260. The van der Waals surface area contributed by atoms with Gasteiger partial charge in [0.05, 0.1) is 11.8 Å². The number of carbonyl (C=O) groups excluding carboxylic acids is 1. The van der Waals surface area contributed by atoms with Crippen LogP contribution in [0.2, 0.25) is 5.02 Å². The maximum absolute atomic E-state index is 12.1. The lowest BCUT2D eigenvalue weighted by atomic mass is 9.92. The number of halogens is 2. The van der Waals surface area contributed by atoms with Gasteiger partial charge in [0.25, 0.3) is 0 Å². The Hall–Kier alpha value is -2.42. The monoisotopic (exact) mass is 346 g/mol. The zero-order valence-corrected chi connectivity index (χ0v) is 13.5. The second-order valence-corrected chi connectivity index (χ2v) is 5.72. The summed E-state index contributed by atoms with van der Waals surface area (Å²) in [7, 11) is 0. The zero-order chi connectivity index (χ0) is 16.4. The van der Waals surface area contributed by atoms with E-state index in [1.54, 1.807) is 18.5 Å². The largest absolute Gasteiger partial charge is 0.296 e. The van der Waals surface area contributed by atoms with Crippen LogP contribution in [0.3, 0.4) is 0 Å². The first-order valence-corrected chi connectivity index (χ1v) is 7.59. The summed E-state index contributed by atoms with van der Waals surface area (Å²) in [6.07, 6.45) is 5.35. The van der Waals surface area contributed by atoms with Gasteiger partial charge in [0.1, 0.15) is 6.54 Å². The van der Waals surface area contributed by atoms with Gasteiger partial charge in [-0.05, 0) is 6.07 Å². The maximum atomic E-state index is 12.1. The number of rotatable bonds is 2. The van der Waals surface area contributed by atoms with Crippen molar-refractivity contribution in [3.63, 3.8) is 0 Å². The highest BCUT2D eigenvalue weighted by atomic mass is 35.5. The summed E-state index contributed by atoms with van der Waals surface area (Å²) in [5, 5.41) is 9.57. The van der Waals surface area contributed by atoms with Crippen LogP contribution in [0.4, 0.5) is 0 Å². The summed E-state index contributed by atoms with van der Waals surface area (Å²) in [6, 6.07) is 9.41. The third-order valence-corrected chi connectivity index (χ3v) is 4.12. The molecule has 0 saturated heterocycles. The highest BCUT2D eigenvalue weighted by Gasteiger charge is 2.29. The van der Waals surface area contributed by atoms with Crippen molar-refractivity contribution in [2.45, 2.75) is 6.42 Å². The van der Waals surface area contributed by atoms with Crippen LogP contribution in [0.15, 0.2) is 54.0 Å². The van der Waals surface area contributed by atoms with E-state index in [-0.39, 0.29) is 18.9 Å². The number of amides is 1. The van der Waals surface area contributed by atoms with Gasteiger partial charge >= 0.3 is 0 Å². The van der Waals surface area contributed by atoms with Gasteiger partial charge in [-0.2, -0.15) is 5.26 Å². The molecular weight excluding hydrogens is 335 g/mol. The molecule has 1 aromatic rings. The molecule has 0 aliphatic carbocycles. The summed E-state index contributed by atoms with van der Waals surface area (Å²) in [5.41, 5.74) is 5.82. The van der Waals surface area contributed by atoms with Crippen molar-refractivity contribution in [3.05, 3.63) is 64.6 Å². The van der Waals surface area contributed by atoms with Crippen molar-refractivity contribution < 1.29 is 4.79 Å². The van der Waals surface area contributed by atoms with E-state index >= 15 is 0 Å². The predicted octanol–water partition coefficient (Wildman–Crippen LogP) is 3.18. The molecule has 2 aliphatic rings. The molecule has 0 aromatic heterocycles. The number of nitriles is 1. The molecule has 2 aliphatic heterocycles. The normalized spacial score (nSPS) is 17.3. The predicted molar refractivity (Wildman–Crippen MR) is 88.4 cm³/mol. The second kappa shape index (κ2) is 6.37. The number of allylic oxidation sites excluding steroid dienone is 1. The van der Waals surface area contributed by atoms with Crippen LogP contribution in [0, 0.1) is 11.3 Å². The van der Waals surface area contributed by atoms with Crippen LogP contribution in [-0.4, -0.2) is 21.9 Å². The standard InChI is InChI=1S/C16H12Cl2N4O/c17-14-4-2-1-3-11(14)13-10-22(18)20-9-15-12(13)5-6-16(23)21(15)8-7-19/h1-5,9-10,20H,6,8H2. The molecule has 0 saturated carbocycles. The molecule has 0 spiro atoms. The van der Waals surface area contributed by atoms with Crippen molar-refractivity contribution >= 4 is 34.9 Å². The first-order chi connectivity index (χ1) is 11.1.